The molecule has 0 amide bonds. The Bertz CT molecular complexity index is 1260. The van der Waals surface area contributed by atoms with Crippen LogP contribution < -0.4 is 4.74 Å². The number of rotatable bonds is 4. The number of pyridine rings is 1. The van der Waals surface area contributed by atoms with Gasteiger partial charge in [0.15, 0.2) is 17.5 Å². The van der Waals surface area contributed by atoms with Gasteiger partial charge in [-0.1, -0.05) is 6.07 Å². The summed E-state index contributed by atoms with van der Waals surface area (Å²) in [7, 11) is 1.56. The number of hydrogen-bond donors (Lipinski definition) is 0. The lowest BCUT2D eigenvalue weighted by atomic mass is 9.98. The fourth-order valence-corrected chi connectivity index (χ4v) is 3.94. The van der Waals surface area contributed by atoms with Crippen LogP contribution in [0.1, 0.15) is 36.0 Å². The van der Waals surface area contributed by atoms with Crippen molar-refractivity contribution in [3.05, 3.63) is 71.6 Å². The second kappa shape index (κ2) is 7.57. The molecule has 4 heterocycles. The molecule has 158 valence electrons. The highest BCUT2D eigenvalue weighted by atomic mass is 19.2. The molecule has 9 heteroatoms. The number of hydrogen-bond acceptors (Lipinski definition) is 5. The summed E-state index contributed by atoms with van der Waals surface area (Å²) in [6.45, 7) is 1.91. The van der Waals surface area contributed by atoms with Crippen LogP contribution in [0.3, 0.4) is 0 Å². The average molecular weight is 422 g/mol. The first-order valence-corrected chi connectivity index (χ1v) is 10.00. The standard InChI is InChI=1S/C22H20F2N6O/c1-13-11-29(12-25-13)19-9-8-17(26-22(19)31-2)21-27-20-5-3-4-18(30(20)28-21)14-6-7-15(23)16(24)10-14/h6-12,18H,3-5H2,1-2H3/t18-/m0/s1. The predicted octanol–water partition coefficient (Wildman–Crippen LogP) is 4.05. The Kier molecular flexibility index (Phi) is 4.72. The molecule has 1 atom stereocenters. The first-order valence-electron chi connectivity index (χ1n) is 10.00. The molecule has 0 saturated carbocycles. The van der Waals surface area contributed by atoms with E-state index < -0.39 is 11.6 Å². The number of fused-ring (bicyclic) bond motifs is 1. The minimum atomic E-state index is -0.860. The molecule has 0 radical (unpaired) electrons. The van der Waals surface area contributed by atoms with Gasteiger partial charge in [-0.15, -0.1) is 5.10 Å². The predicted molar refractivity (Wildman–Crippen MR) is 109 cm³/mol. The number of nitrogens with zero attached hydrogens (tertiary/aromatic N) is 6. The van der Waals surface area contributed by atoms with Crippen LogP contribution in [0.4, 0.5) is 8.78 Å². The molecule has 7 nitrogen and oxygen atoms in total. The molecule has 1 aliphatic heterocycles. The molecule has 1 aliphatic rings. The SMILES string of the molecule is COc1nc(-c2nc3n(n2)[C@H](c2ccc(F)c(F)c2)CCC3)ccc1-n1cnc(C)c1. The summed E-state index contributed by atoms with van der Waals surface area (Å²) >= 11 is 0. The van der Waals surface area contributed by atoms with Crippen LogP contribution in [-0.2, 0) is 6.42 Å². The second-order valence-electron chi connectivity index (χ2n) is 7.52. The summed E-state index contributed by atoms with van der Waals surface area (Å²) in [6, 6.07) is 7.51. The molecule has 0 spiro atoms. The van der Waals surface area contributed by atoms with Crippen molar-refractivity contribution in [3.8, 4) is 23.1 Å². The first kappa shape index (κ1) is 19.3. The van der Waals surface area contributed by atoms with E-state index in [2.05, 4.69) is 20.1 Å². The van der Waals surface area contributed by atoms with E-state index in [1.165, 1.54) is 6.07 Å². The van der Waals surface area contributed by atoms with Crippen molar-refractivity contribution in [2.24, 2.45) is 0 Å². The summed E-state index contributed by atoms with van der Waals surface area (Å²) in [6.07, 6.45) is 6.01. The molecule has 5 rings (SSSR count). The minimum Gasteiger partial charge on any atom is -0.479 e. The van der Waals surface area contributed by atoms with E-state index in [9.17, 15) is 8.78 Å². The van der Waals surface area contributed by atoms with Crippen molar-refractivity contribution in [3.63, 3.8) is 0 Å². The van der Waals surface area contributed by atoms with E-state index in [1.807, 2.05) is 29.8 Å². The first-order chi connectivity index (χ1) is 15.0. The highest BCUT2D eigenvalue weighted by molar-refractivity contribution is 5.55. The summed E-state index contributed by atoms with van der Waals surface area (Å²) < 4.78 is 36.3. The van der Waals surface area contributed by atoms with Crippen molar-refractivity contribution in [2.75, 3.05) is 7.11 Å². The smallest absolute Gasteiger partial charge is 0.238 e. The summed E-state index contributed by atoms with van der Waals surface area (Å²) in [4.78, 5) is 13.5. The Hall–Kier alpha value is -3.62. The Morgan fingerprint density at radius 1 is 1.10 bits per heavy atom. The molecular formula is C22H20F2N6O. The van der Waals surface area contributed by atoms with Crippen molar-refractivity contribution in [1.82, 2.24) is 29.3 Å². The number of benzene rings is 1. The van der Waals surface area contributed by atoms with Crippen LogP contribution in [0.25, 0.3) is 17.2 Å². The molecule has 0 saturated heterocycles. The second-order valence-corrected chi connectivity index (χ2v) is 7.52. The number of methoxy groups -OCH3 is 1. The average Bonchev–Trinajstić information content (AvgIpc) is 3.41. The number of imidazole rings is 1. The monoisotopic (exact) mass is 422 g/mol. The van der Waals surface area contributed by atoms with Gasteiger partial charge in [-0.25, -0.2) is 28.4 Å². The van der Waals surface area contributed by atoms with Gasteiger partial charge in [-0.3, -0.25) is 0 Å². The number of aryl methyl sites for hydroxylation is 2. The zero-order valence-corrected chi connectivity index (χ0v) is 17.1. The van der Waals surface area contributed by atoms with E-state index in [1.54, 1.807) is 24.2 Å². The summed E-state index contributed by atoms with van der Waals surface area (Å²) in [5.74, 6) is -0.0211. The van der Waals surface area contributed by atoms with Crippen molar-refractivity contribution >= 4 is 0 Å². The van der Waals surface area contributed by atoms with Gasteiger partial charge in [-0.2, -0.15) is 0 Å². The lowest BCUT2D eigenvalue weighted by molar-refractivity contribution is 0.396. The molecule has 0 N–H and O–H groups in total. The summed E-state index contributed by atoms with van der Waals surface area (Å²) in [5, 5.41) is 4.67. The fourth-order valence-electron chi connectivity index (χ4n) is 3.94. The van der Waals surface area contributed by atoms with Gasteiger partial charge in [0.25, 0.3) is 0 Å². The van der Waals surface area contributed by atoms with Crippen LogP contribution in [0.5, 0.6) is 5.88 Å². The Morgan fingerprint density at radius 2 is 1.97 bits per heavy atom. The molecule has 31 heavy (non-hydrogen) atoms. The lowest BCUT2D eigenvalue weighted by Crippen LogP contribution is -2.20. The molecule has 0 fully saturated rings. The topological polar surface area (TPSA) is 70.7 Å². The highest BCUT2D eigenvalue weighted by Gasteiger charge is 2.26. The molecule has 1 aromatic carbocycles. The van der Waals surface area contributed by atoms with E-state index in [0.717, 1.165) is 42.5 Å². The van der Waals surface area contributed by atoms with Gasteiger partial charge in [0.05, 0.1) is 25.2 Å². The third kappa shape index (κ3) is 3.45. The van der Waals surface area contributed by atoms with Gasteiger partial charge in [-0.05, 0) is 49.6 Å². The molecular weight excluding hydrogens is 402 g/mol. The maximum absolute atomic E-state index is 13.8. The van der Waals surface area contributed by atoms with E-state index in [-0.39, 0.29) is 6.04 Å². The highest BCUT2D eigenvalue weighted by Crippen LogP contribution is 2.32. The normalized spacial score (nSPS) is 15.7. The maximum atomic E-state index is 13.8. The van der Waals surface area contributed by atoms with Gasteiger partial charge in [0.2, 0.25) is 5.88 Å². The van der Waals surface area contributed by atoms with Crippen LogP contribution in [-0.4, -0.2) is 36.4 Å². The van der Waals surface area contributed by atoms with Crippen LogP contribution in [0.2, 0.25) is 0 Å². The van der Waals surface area contributed by atoms with Crippen LogP contribution in [0.15, 0.2) is 42.9 Å². The number of ether oxygens (including phenoxy) is 1. The Morgan fingerprint density at radius 3 is 2.71 bits per heavy atom. The largest absolute Gasteiger partial charge is 0.479 e. The zero-order valence-electron chi connectivity index (χ0n) is 17.1. The van der Waals surface area contributed by atoms with Gasteiger partial charge in [0.1, 0.15) is 17.2 Å². The fraction of sp³-hybridized carbons (Fsp3) is 0.273. The third-order valence-corrected chi connectivity index (χ3v) is 5.46. The maximum Gasteiger partial charge on any atom is 0.238 e. The lowest BCUT2D eigenvalue weighted by Gasteiger charge is -2.23. The van der Waals surface area contributed by atoms with E-state index in [0.29, 0.717) is 23.0 Å². The third-order valence-electron chi connectivity index (χ3n) is 5.46. The van der Waals surface area contributed by atoms with Crippen molar-refractivity contribution in [2.45, 2.75) is 32.2 Å². The van der Waals surface area contributed by atoms with Gasteiger partial charge >= 0.3 is 0 Å². The quantitative estimate of drug-likeness (QED) is 0.496. The van der Waals surface area contributed by atoms with Crippen LogP contribution >= 0.6 is 0 Å². The van der Waals surface area contributed by atoms with Crippen molar-refractivity contribution in [1.29, 1.82) is 0 Å². The Labute approximate surface area is 177 Å². The van der Waals surface area contributed by atoms with E-state index in [4.69, 9.17) is 4.74 Å². The molecule has 4 aromatic rings. The minimum absolute atomic E-state index is 0.199. The van der Waals surface area contributed by atoms with E-state index >= 15 is 0 Å². The number of halogens is 2. The molecule has 0 bridgehead atoms. The molecule has 3 aromatic heterocycles. The van der Waals surface area contributed by atoms with Gasteiger partial charge in [0, 0.05) is 12.6 Å². The number of aromatic nitrogens is 6. The zero-order chi connectivity index (χ0) is 21.5. The van der Waals surface area contributed by atoms with Crippen molar-refractivity contribution < 1.29 is 13.5 Å². The van der Waals surface area contributed by atoms with Gasteiger partial charge < -0.3 is 9.30 Å². The molecule has 0 unspecified atom stereocenters. The summed E-state index contributed by atoms with van der Waals surface area (Å²) in [5.41, 5.74) is 2.89. The Balaban J connectivity index is 1.52. The van der Waals surface area contributed by atoms with Crippen LogP contribution in [0, 0.1) is 18.6 Å². The molecule has 0 aliphatic carbocycles.